The Morgan fingerprint density at radius 2 is 1.74 bits per heavy atom. The molecule has 0 spiro atoms. The first-order chi connectivity index (χ1) is 11.0. The van der Waals surface area contributed by atoms with Crippen molar-refractivity contribution < 1.29 is 18.7 Å². The molecule has 0 aliphatic rings. The third kappa shape index (κ3) is 3.08. The first kappa shape index (κ1) is 14.8. The number of nitrogens with one attached hydrogen (secondary N) is 1. The van der Waals surface area contributed by atoms with Gasteiger partial charge in [-0.15, -0.1) is 0 Å². The topological polar surface area (TPSA) is 68.5 Å². The van der Waals surface area contributed by atoms with E-state index in [1.165, 1.54) is 6.92 Å². The largest absolute Gasteiger partial charge is 0.449 e. The number of benzene rings is 2. The fourth-order valence-electron chi connectivity index (χ4n) is 2.33. The molecule has 116 valence electrons. The molecule has 5 heteroatoms. The SMILES string of the molecule is CC(=O)Nc1ccc(OC(=O)c2oc3ccccc3c2C)cc1. The lowest BCUT2D eigenvalue weighted by Gasteiger charge is -2.05. The number of furan rings is 1. The number of rotatable bonds is 3. The number of hydrogen-bond acceptors (Lipinski definition) is 4. The summed E-state index contributed by atoms with van der Waals surface area (Å²) in [7, 11) is 0. The number of hydrogen-bond donors (Lipinski definition) is 1. The molecule has 1 N–H and O–H groups in total. The molecule has 3 aromatic rings. The van der Waals surface area contributed by atoms with Gasteiger partial charge in [-0.1, -0.05) is 18.2 Å². The minimum atomic E-state index is -0.550. The maximum atomic E-state index is 12.3. The van der Waals surface area contributed by atoms with Crippen LogP contribution in [0.2, 0.25) is 0 Å². The van der Waals surface area contributed by atoms with Crippen molar-refractivity contribution in [3.05, 3.63) is 59.9 Å². The van der Waals surface area contributed by atoms with Gasteiger partial charge < -0.3 is 14.5 Å². The van der Waals surface area contributed by atoms with Gasteiger partial charge in [0.1, 0.15) is 11.3 Å². The van der Waals surface area contributed by atoms with Crippen LogP contribution in [0.3, 0.4) is 0 Å². The molecule has 1 amide bonds. The third-order valence-electron chi connectivity index (χ3n) is 3.41. The van der Waals surface area contributed by atoms with Crippen LogP contribution in [-0.2, 0) is 4.79 Å². The van der Waals surface area contributed by atoms with Crippen molar-refractivity contribution in [3.8, 4) is 5.75 Å². The van der Waals surface area contributed by atoms with Crippen LogP contribution in [0.25, 0.3) is 11.0 Å². The van der Waals surface area contributed by atoms with Crippen LogP contribution in [0.4, 0.5) is 5.69 Å². The van der Waals surface area contributed by atoms with Crippen LogP contribution in [0.15, 0.2) is 52.9 Å². The van der Waals surface area contributed by atoms with E-state index in [1.54, 1.807) is 30.3 Å². The van der Waals surface area contributed by atoms with Gasteiger partial charge in [0.2, 0.25) is 11.7 Å². The fourth-order valence-corrected chi connectivity index (χ4v) is 2.33. The molecular formula is C18H15NO4. The van der Waals surface area contributed by atoms with Crippen LogP contribution in [0.5, 0.6) is 5.75 Å². The van der Waals surface area contributed by atoms with Crippen molar-refractivity contribution in [2.45, 2.75) is 13.8 Å². The van der Waals surface area contributed by atoms with E-state index in [9.17, 15) is 9.59 Å². The minimum absolute atomic E-state index is 0.160. The average molecular weight is 309 g/mol. The molecule has 1 heterocycles. The van der Waals surface area contributed by atoms with Crippen LogP contribution in [0.1, 0.15) is 23.0 Å². The van der Waals surface area contributed by atoms with Gasteiger partial charge in [0.15, 0.2) is 0 Å². The van der Waals surface area contributed by atoms with Gasteiger partial charge in [-0.05, 0) is 37.3 Å². The smallest absolute Gasteiger partial charge is 0.379 e. The van der Waals surface area contributed by atoms with Crippen molar-refractivity contribution in [1.29, 1.82) is 0 Å². The summed E-state index contributed by atoms with van der Waals surface area (Å²) >= 11 is 0. The average Bonchev–Trinajstić information content (AvgIpc) is 2.86. The van der Waals surface area contributed by atoms with Gasteiger partial charge >= 0.3 is 5.97 Å². The normalized spacial score (nSPS) is 10.5. The standard InChI is InChI=1S/C18H15NO4/c1-11-15-5-3-4-6-16(15)23-17(11)18(21)22-14-9-7-13(8-10-14)19-12(2)20/h3-10H,1-2H3,(H,19,20). The molecule has 0 aliphatic carbocycles. The molecular weight excluding hydrogens is 294 g/mol. The Morgan fingerprint density at radius 3 is 2.39 bits per heavy atom. The number of esters is 1. The summed E-state index contributed by atoms with van der Waals surface area (Å²) < 4.78 is 10.9. The van der Waals surface area contributed by atoms with Crippen molar-refractivity contribution in [1.82, 2.24) is 0 Å². The first-order valence-electron chi connectivity index (χ1n) is 7.12. The Hall–Kier alpha value is -3.08. The maximum absolute atomic E-state index is 12.3. The number of anilines is 1. The van der Waals surface area contributed by atoms with E-state index in [2.05, 4.69) is 5.32 Å². The lowest BCUT2D eigenvalue weighted by atomic mass is 10.1. The predicted molar refractivity (Wildman–Crippen MR) is 86.7 cm³/mol. The van der Waals surface area contributed by atoms with E-state index in [-0.39, 0.29) is 11.7 Å². The summed E-state index contributed by atoms with van der Waals surface area (Å²) in [6.45, 7) is 3.25. The molecule has 0 aliphatic heterocycles. The zero-order valence-electron chi connectivity index (χ0n) is 12.8. The molecule has 23 heavy (non-hydrogen) atoms. The highest BCUT2D eigenvalue weighted by molar-refractivity contribution is 5.96. The molecule has 5 nitrogen and oxygen atoms in total. The Bertz CT molecular complexity index is 878. The molecule has 0 saturated heterocycles. The van der Waals surface area contributed by atoms with Gasteiger partial charge in [-0.2, -0.15) is 0 Å². The number of aryl methyl sites for hydroxylation is 1. The summed E-state index contributed by atoms with van der Waals surface area (Å²) in [6.07, 6.45) is 0. The lowest BCUT2D eigenvalue weighted by Crippen LogP contribution is -2.09. The minimum Gasteiger partial charge on any atom is -0.449 e. The highest BCUT2D eigenvalue weighted by Gasteiger charge is 2.19. The number of carbonyl (C=O) groups is 2. The molecule has 0 atom stereocenters. The molecule has 3 rings (SSSR count). The van der Waals surface area contributed by atoms with Crippen molar-refractivity contribution in [2.24, 2.45) is 0 Å². The maximum Gasteiger partial charge on any atom is 0.379 e. The monoisotopic (exact) mass is 309 g/mol. The molecule has 1 aromatic heterocycles. The zero-order valence-corrected chi connectivity index (χ0v) is 12.8. The Kier molecular flexibility index (Phi) is 3.85. The quantitative estimate of drug-likeness (QED) is 0.588. The summed E-state index contributed by atoms with van der Waals surface area (Å²) in [5, 5.41) is 3.54. The Balaban J connectivity index is 1.80. The van der Waals surface area contributed by atoms with Crippen molar-refractivity contribution in [3.63, 3.8) is 0 Å². The van der Waals surface area contributed by atoms with Crippen LogP contribution in [-0.4, -0.2) is 11.9 Å². The summed E-state index contributed by atoms with van der Waals surface area (Å²) in [4.78, 5) is 23.3. The van der Waals surface area contributed by atoms with E-state index in [0.29, 0.717) is 17.0 Å². The van der Waals surface area contributed by atoms with Crippen LogP contribution >= 0.6 is 0 Å². The summed E-state index contributed by atoms with van der Waals surface area (Å²) in [5.74, 6) is -0.139. The van der Waals surface area contributed by atoms with E-state index in [0.717, 1.165) is 10.9 Å². The predicted octanol–water partition coefficient (Wildman–Crippen LogP) is 3.92. The fraction of sp³-hybridized carbons (Fsp3) is 0.111. The molecule has 0 bridgehead atoms. The summed E-state index contributed by atoms with van der Waals surface area (Å²) in [5.41, 5.74) is 2.04. The van der Waals surface area contributed by atoms with Crippen molar-refractivity contribution in [2.75, 3.05) is 5.32 Å². The second kappa shape index (κ2) is 5.96. The second-order valence-electron chi connectivity index (χ2n) is 5.15. The summed E-state index contributed by atoms with van der Waals surface area (Å²) in [6, 6.07) is 14.0. The molecule has 2 aromatic carbocycles. The number of para-hydroxylation sites is 1. The number of fused-ring (bicyclic) bond motifs is 1. The number of ether oxygens (including phenoxy) is 1. The Labute approximate surface area is 132 Å². The van der Waals surface area contributed by atoms with Crippen molar-refractivity contribution >= 4 is 28.5 Å². The van der Waals surface area contributed by atoms with E-state index >= 15 is 0 Å². The van der Waals surface area contributed by atoms with E-state index in [1.807, 2.05) is 25.1 Å². The Morgan fingerprint density at radius 1 is 1.04 bits per heavy atom. The van der Waals surface area contributed by atoms with Crippen LogP contribution < -0.4 is 10.1 Å². The molecule has 0 unspecified atom stereocenters. The number of amides is 1. The van der Waals surface area contributed by atoms with Gasteiger partial charge in [-0.3, -0.25) is 4.79 Å². The molecule has 0 fully saturated rings. The van der Waals surface area contributed by atoms with Crippen LogP contribution in [0, 0.1) is 6.92 Å². The second-order valence-corrected chi connectivity index (χ2v) is 5.15. The van der Waals surface area contributed by atoms with Gasteiger partial charge in [0.05, 0.1) is 0 Å². The lowest BCUT2D eigenvalue weighted by molar-refractivity contribution is -0.114. The number of carbonyl (C=O) groups excluding carboxylic acids is 2. The van der Waals surface area contributed by atoms with E-state index < -0.39 is 5.97 Å². The molecule has 0 saturated carbocycles. The zero-order chi connectivity index (χ0) is 16.4. The van der Waals surface area contributed by atoms with Gasteiger partial charge in [-0.25, -0.2) is 4.79 Å². The highest BCUT2D eigenvalue weighted by atomic mass is 16.5. The molecule has 0 radical (unpaired) electrons. The van der Waals surface area contributed by atoms with Gasteiger partial charge in [0.25, 0.3) is 0 Å². The third-order valence-corrected chi connectivity index (χ3v) is 3.41. The first-order valence-corrected chi connectivity index (χ1v) is 7.12. The van der Waals surface area contributed by atoms with Gasteiger partial charge in [0, 0.05) is 23.6 Å². The highest BCUT2D eigenvalue weighted by Crippen LogP contribution is 2.26. The van der Waals surface area contributed by atoms with E-state index in [4.69, 9.17) is 9.15 Å².